The van der Waals surface area contributed by atoms with Crippen LogP contribution in [0.15, 0.2) is 84.9 Å². The van der Waals surface area contributed by atoms with Gasteiger partial charge in [0.15, 0.2) is 0 Å². The van der Waals surface area contributed by atoms with Crippen LogP contribution >= 0.6 is 0 Å². The number of hydrogen-bond donors (Lipinski definition) is 1. The van der Waals surface area contributed by atoms with Crippen molar-refractivity contribution in [3.8, 4) is 0 Å². The summed E-state index contributed by atoms with van der Waals surface area (Å²) in [7, 11) is 2.13. The Morgan fingerprint density at radius 1 is 0.857 bits per heavy atom. The van der Waals surface area contributed by atoms with Crippen molar-refractivity contribution in [3.05, 3.63) is 107 Å². The zero-order chi connectivity index (χ0) is 19.7. The molecule has 3 heteroatoms. The minimum atomic E-state index is -1.05. The third kappa shape index (κ3) is 3.25. The molecule has 1 fully saturated rings. The van der Waals surface area contributed by atoms with Gasteiger partial charge in [-0.2, -0.15) is 0 Å². The van der Waals surface area contributed by atoms with Crippen LogP contribution in [0.3, 0.4) is 0 Å². The Morgan fingerprint density at radius 3 is 1.96 bits per heavy atom. The molecule has 0 bridgehead atoms. The molecule has 144 valence electrons. The average molecular weight is 375 g/mol. The van der Waals surface area contributed by atoms with E-state index < -0.39 is 5.60 Å². The lowest BCUT2D eigenvalue weighted by molar-refractivity contribution is -0.120. The lowest BCUT2D eigenvalue weighted by atomic mass is 9.68. The number of likely N-dealkylation sites (tertiary alicyclic amines) is 1. The summed E-state index contributed by atoms with van der Waals surface area (Å²) in [4.78, 5) is 2.37. The number of nitrogens with zero attached hydrogens (tertiary/aromatic N) is 1. The lowest BCUT2D eigenvalue weighted by Gasteiger charge is -2.52. The fourth-order valence-electron chi connectivity index (χ4n) is 4.75. The molecule has 0 aliphatic carbocycles. The van der Waals surface area contributed by atoms with Crippen LogP contribution in [-0.4, -0.2) is 17.1 Å². The van der Waals surface area contributed by atoms with E-state index >= 15 is 0 Å². The molecule has 1 heterocycles. The first-order chi connectivity index (χ1) is 13.5. The summed E-state index contributed by atoms with van der Waals surface area (Å²) in [5.41, 5.74) is 2.08. The number of hydrogen-bond acceptors (Lipinski definition) is 2. The molecule has 0 amide bonds. The van der Waals surface area contributed by atoms with Crippen LogP contribution in [0.5, 0.6) is 0 Å². The van der Waals surface area contributed by atoms with E-state index in [1.54, 1.807) is 12.1 Å². The molecule has 3 aromatic carbocycles. The van der Waals surface area contributed by atoms with E-state index in [0.29, 0.717) is 6.42 Å². The van der Waals surface area contributed by atoms with E-state index in [1.807, 2.05) is 36.4 Å². The Balaban J connectivity index is 1.83. The Hall–Kier alpha value is -2.49. The van der Waals surface area contributed by atoms with Crippen molar-refractivity contribution >= 4 is 0 Å². The van der Waals surface area contributed by atoms with Gasteiger partial charge in [-0.1, -0.05) is 79.7 Å². The van der Waals surface area contributed by atoms with Crippen LogP contribution in [0.2, 0.25) is 0 Å². The molecule has 0 spiro atoms. The molecule has 3 aromatic rings. The van der Waals surface area contributed by atoms with Gasteiger partial charge in [0.1, 0.15) is 5.82 Å². The highest BCUT2D eigenvalue weighted by Gasteiger charge is 2.49. The monoisotopic (exact) mass is 375 g/mol. The van der Waals surface area contributed by atoms with E-state index in [0.717, 1.165) is 5.56 Å². The number of piperidine rings is 1. The summed E-state index contributed by atoms with van der Waals surface area (Å²) >= 11 is 0. The van der Waals surface area contributed by atoms with E-state index in [4.69, 9.17) is 0 Å². The largest absolute Gasteiger partial charge is 0.385 e. The maximum absolute atomic E-state index is 13.5. The van der Waals surface area contributed by atoms with Crippen LogP contribution in [0.1, 0.15) is 42.1 Å². The minimum absolute atomic E-state index is 0.0372. The van der Waals surface area contributed by atoms with Gasteiger partial charge in [-0.3, -0.25) is 4.90 Å². The molecule has 4 rings (SSSR count). The summed E-state index contributed by atoms with van der Waals surface area (Å²) < 4.78 is 13.5. The van der Waals surface area contributed by atoms with Gasteiger partial charge in [0.05, 0.1) is 5.60 Å². The molecular weight excluding hydrogens is 349 g/mol. The molecule has 0 saturated carbocycles. The quantitative estimate of drug-likeness (QED) is 0.656. The first-order valence-corrected chi connectivity index (χ1v) is 9.81. The Kier molecular flexibility index (Phi) is 5.05. The van der Waals surface area contributed by atoms with E-state index in [9.17, 15) is 9.50 Å². The van der Waals surface area contributed by atoms with E-state index in [2.05, 4.69) is 43.1 Å². The summed E-state index contributed by atoms with van der Waals surface area (Å²) in [5, 5.41) is 11.9. The second-order valence-corrected chi connectivity index (χ2v) is 7.87. The number of halogens is 1. The Labute approximate surface area is 166 Å². The third-order valence-corrected chi connectivity index (χ3v) is 6.33. The lowest BCUT2D eigenvalue weighted by Crippen LogP contribution is -2.50. The number of benzene rings is 3. The zero-order valence-electron chi connectivity index (χ0n) is 16.3. The smallest absolute Gasteiger partial charge is 0.123 e. The maximum Gasteiger partial charge on any atom is 0.123 e. The highest BCUT2D eigenvalue weighted by Crippen LogP contribution is 2.52. The fraction of sp³-hybridized carbons (Fsp3) is 0.280. The van der Waals surface area contributed by atoms with Gasteiger partial charge in [0, 0.05) is 24.4 Å². The first kappa shape index (κ1) is 18.9. The molecule has 0 radical (unpaired) electrons. The summed E-state index contributed by atoms with van der Waals surface area (Å²) in [5.74, 6) is -0.350. The van der Waals surface area contributed by atoms with Gasteiger partial charge < -0.3 is 5.11 Å². The number of rotatable bonds is 3. The molecule has 1 aliphatic heterocycles. The second-order valence-electron chi connectivity index (χ2n) is 7.87. The van der Waals surface area contributed by atoms with Crippen LogP contribution in [0, 0.1) is 11.7 Å². The average Bonchev–Trinajstić information content (AvgIpc) is 2.73. The summed E-state index contributed by atoms with van der Waals surface area (Å²) in [6, 6.07) is 27.1. The molecule has 1 aliphatic rings. The van der Waals surface area contributed by atoms with E-state index in [1.165, 1.54) is 23.3 Å². The van der Waals surface area contributed by atoms with Crippen LogP contribution in [-0.2, 0) is 5.60 Å². The maximum atomic E-state index is 13.5. The van der Waals surface area contributed by atoms with Gasteiger partial charge in [-0.05, 0) is 35.9 Å². The summed E-state index contributed by atoms with van der Waals surface area (Å²) in [6.45, 7) is 2.10. The zero-order valence-corrected chi connectivity index (χ0v) is 16.3. The molecule has 0 unspecified atom stereocenters. The highest BCUT2D eigenvalue weighted by molar-refractivity contribution is 5.32. The highest BCUT2D eigenvalue weighted by atomic mass is 19.1. The third-order valence-electron chi connectivity index (χ3n) is 6.33. The van der Waals surface area contributed by atoms with Crippen molar-refractivity contribution in [2.75, 3.05) is 7.05 Å². The van der Waals surface area contributed by atoms with Crippen molar-refractivity contribution in [1.82, 2.24) is 4.90 Å². The topological polar surface area (TPSA) is 23.5 Å². The SMILES string of the molecule is C[C@@H]1[C@@H](c2ccccc2)N(C)[C@@H](c2ccccc2)C[C@@]1(O)c1ccc(F)cc1. The molecule has 28 heavy (non-hydrogen) atoms. The molecule has 1 saturated heterocycles. The van der Waals surface area contributed by atoms with E-state index in [-0.39, 0.29) is 23.8 Å². The fourth-order valence-corrected chi connectivity index (χ4v) is 4.75. The normalized spacial score (nSPS) is 28.2. The van der Waals surface area contributed by atoms with Crippen molar-refractivity contribution in [2.24, 2.45) is 5.92 Å². The molecule has 4 atom stereocenters. The van der Waals surface area contributed by atoms with Crippen molar-refractivity contribution in [2.45, 2.75) is 31.0 Å². The standard InChI is InChI=1S/C25H26FNO/c1-18-24(20-11-7-4-8-12-20)27(2)23(19-9-5-3-6-10-19)17-25(18,28)21-13-15-22(26)16-14-21/h3-16,18,23-24,28H,17H2,1-2H3/t18-,23-,24+,25+/m1/s1. The summed E-state index contributed by atoms with van der Waals surface area (Å²) in [6.07, 6.45) is 0.559. The minimum Gasteiger partial charge on any atom is -0.385 e. The van der Waals surface area contributed by atoms with Crippen molar-refractivity contribution < 1.29 is 9.50 Å². The number of aliphatic hydroxyl groups is 1. The molecule has 0 aromatic heterocycles. The Morgan fingerprint density at radius 2 is 1.39 bits per heavy atom. The molecule has 1 N–H and O–H groups in total. The van der Waals surface area contributed by atoms with Gasteiger partial charge >= 0.3 is 0 Å². The first-order valence-electron chi connectivity index (χ1n) is 9.81. The van der Waals surface area contributed by atoms with Crippen LogP contribution in [0.25, 0.3) is 0 Å². The van der Waals surface area contributed by atoms with Crippen LogP contribution < -0.4 is 0 Å². The van der Waals surface area contributed by atoms with Gasteiger partial charge in [0.25, 0.3) is 0 Å². The molecule has 2 nitrogen and oxygen atoms in total. The van der Waals surface area contributed by atoms with Crippen LogP contribution in [0.4, 0.5) is 4.39 Å². The molecular formula is C25H26FNO. The predicted molar refractivity (Wildman–Crippen MR) is 110 cm³/mol. The Bertz CT molecular complexity index is 912. The van der Waals surface area contributed by atoms with Gasteiger partial charge in [-0.25, -0.2) is 4.39 Å². The van der Waals surface area contributed by atoms with Gasteiger partial charge in [0.2, 0.25) is 0 Å². The second kappa shape index (κ2) is 7.50. The van der Waals surface area contributed by atoms with Crippen molar-refractivity contribution in [3.63, 3.8) is 0 Å². The van der Waals surface area contributed by atoms with Gasteiger partial charge in [-0.15, -0.1) is 0 Å². The predicted octanol–water partition coefficient (Wildman–Crippen LogP) is 5.47. The van der Waals surface area contributed by atoms with Crippen molar-refractivity contribution in [1.29, 1.82) is 0 Å².